The second-order valence-electron chi connectivity index (χ2n) is 5.12. The van der Waals surface area contributed by atoms with Crippen molar-refractivity contribution in [1.29, 1.82) is 0 Å². The second kappa shape index (κ2) is 6.93. The van der Waals surface area contributed by atoms with E-state index in [2.05, 4.69) is 5.32 Å². The van der Waals surface area contributed by atoms with E-state index >= 15 is 0 Å². The Morgan fingerprint density at radius 3 is 2.20 bits per heavy atom. The van der Waals surface area contributed by atoms with Crippen molar-refractivity contribution in [1.82, 2.24) is 5.32 Å². The van der Waals surface area contributed by atoms with Crippen molar-refractivity contribution < 1.29 is 14.7 Å². The molecule has 0 aliphatic carbocycles. The summed E-state index contributed by atoms with van der Waals surface area (Å²) in [6.45, 7) is 3.72. The van der Waals surface area contributed by atoms with Crippen molar-refractivity contribution in [2.75, 3.05) is 19.0 Å². The zero-order valence-corrected chi connectivity index (χ0v) is 12.4. The summed E-state index contributed by atoms with van der Waals surface area (Å²) in [5, 5.41) is 11.7. The van der Waals surface area contributed by atoms with Gasteiger partial charge in [-0.1, -0.05) is 20.3 Å². The van der Waals surface area contributed by atoms with E-state index in [1.165, 1.54) is 0 Å². The van der Waals surface area contributed by atoms with Crippen LogP contribution in [0.3, 0.4) is 0 Å². The van der Waals surface area contributed by atoms with Crippen LogP contribution in [-0.4, -0.2) is 37.1 Å². The number of rotatable bonds is 6. The van der Waals surface area contributed by atoms with Crippen LogP contribution in [0.25, 0.3) is 0 Å². The molecule has 5 nitrogen and oxygen atoms in total. The zero-order chi connectivity index (χ0) is 15.3. The first-order chi connectivity index (χ1) is 9.36. The van der Waals surface area contributed by atoms with Gasteiger partial charge in [0.05, 0.1) is 0 Å². The van der Waals surface area contributed by atoms with Crippen LogP contribution >= 0.6 is 0 Å². The molecule has 0 spiro atoms. The molecule has 20 heavy (non-hydrogen) atoms. The first kappa shape index (κ1) is 16.0. The molecular formula is C15H22N2O3. The zero-order valence-electron chi connectivity index (χ0n) is 12.4. The SMILES string of the molecule is CCC(C)[C@H](NC(=O)c1ccc(N(C)C)cc1)C(=O)O. The number of benzene rings is 1. The molecule has 0 radical (unpaired) electrons. The lowest BCUT2D eigenvalue weighted by Gasteiger charge is -2.20. The Kier molecular flexibility index (Phi) is 5.55. The van der Waals surface area contributed by atoms with E-state index in [1.807, 2.05) is 45.0 Å². The van der Waals surface area contributed by atoms with E-state index in [4.69, 9.17) is 5.11 Å². The fraction of sp³-hybridized carbons (Fsp3) is 0.467. The van der Waals surface area contributed by atoms with Crippen LogP contribution < -0.4 is 10.2 Å². The second-order valence-corrected chi connectivity index (χ2v) is 5.12. The quantitative estimate of drug-likeness (QED) is 0.835. The predicted octanol–water partition coefficient (Wildman–Crippen LogP) is 1.98. The maximum atomic E-state index is 12.1. The molecule has 0 aromatic heterocycles. The molecule has 0 fully saturated rings. The van der Waals surface area contributed by atoms with Gasteiger partial charge in [0.25, 0.3) is 5.91 Å². The van der Waals surface area contributed by atoms with Crippen molar-refractivity contribution in [3.8, 4) is 0 Å². The molecule has 0 aliphatic rings. The van der Waals surface area contributed by atoms with Gasteiger partial charge in [0.15, 0.2) is 0 Å². The summed E-state index contributed by atoms with van der Waals surface area (Å²) in [7, 11) is 3.83. The summed E-state index contributed by atoms with van der Waals surface area (Å²) in [6.07, 6.45) is 0.691. The van der Waals surface area contributed by atoms with Gasteiger partial charge in [-0.2, -0.15) is 0 Å². The minimum absolute atomic E-state index is 0.113. The Hall–Kier alpha value is -2.04. The lowest BCUT2D eigenvalue weighted by molar-refractivity contribution is -0.140. The normalized spacial score (nSPS) is 13.4. The molecule has 0 aliphatic heterocycles. The number of carboxylic acids is 1. The Balaban J connectivity index is 2.81. The highest BCUT2D eigenvalue weighted by Gasteiger charge is 2.25. The molecule has 0 saturated carbocycles. The number of aliphatic carboxylic acids is 1. The van der Waals surface area contributed by atoms with Crippen molar-refractivity contribution in [3.63, 3.8) is 0 Å². The number of carbonyl (C=O) groups is 2. The Morgan fingerprint density at radius 2 is 1.80 bits per heavy atom. The first-order valence-corrected chi connectivity index (χ1v) is 6.67. The molecule has 1 aromatic carbocycles. The molecule has 0 bridgehead atoms. The van der Waals surface area contributed by atoms with E-state index in [-0.39, 0.29) is 11.8 Å². The summed E-state index contributed by atoms with van der Waals surface area (Å²) >= 11 is 0. The molecule has 110 valence electrons. The molecule has 1 rings (SSSR count). The summed E-state index contributed by atoms with van der Waals surface area (Å²) in [5.74, 6) is -1.47. The molecule has 1 unspecified atom stereocenters. The van der Waals surface area contributed by atoms with E-state index in [0.717, 1.165) is 5.69 Å². The lowest BCUT2D eigenvalue weighted by Crippen LogP contribution is -2.45. The number of nitrogens with one attached hydrogen (secondary N) is 1. The number of carboxylic acid groups (broad SMARTS) is 1. The highest BCUT2D eigenvalue weighted by molar-refractivity contribution is 5.96. The summed E-state index contributed by atoms with van der Waals surface area (Å²) in [4.78, 5) is 25.2. The van der Waals surface area contributed by atoms with Gasteiger partial charge >= 0.3 is 5.97 Å². The van der Waals surface area contributed by atoms with E-state index in [0.29, 0.717) is 12.0 Å². The number of nitrogens with zero attached hydrogens (tertiary/aromatic N) is 1. The van der Waals surface area contributed by atoms with Gasteiger partial charge < -0.3 is 15.3 Å². The van der Waals surface area contributed by atoms with Crippen LogP contribution in [0.4, 0.5) is 5.69 Å². The Morgan fingerprint density at radius 1 is 1.25 bits per heavy atom. The Labute approximate surface area is 119 Å². The van der Waals surface area contributed by atoms with Gasteiger partial charge in [-0.05, 0) is 30.2 Å². The van der Waals surface area contributed by atoms with Crippen LogP contribution in [-0.2, 0) is 4.79 Å². The molecule has 2 atom stereocenters. The number of hydrogen-bond acceptors (Lipinski definition) is 3. The van der Waals surface area contributed by atoms with Gasteiger partial charge in [-0.15, -0.1) is 0 Å². The molecule has 2 N–H and O–H groups in total. The minimum atomic E-state index is -1.00. The summed E-state index contributed by atoms with van der Waals surface area (Å²) in [6, 6.07) is 6.18. The third-order valence-corrected chi connectivity index (χ3v) is 3.41. The number of carbonyl (C=O) groups excluding carboxylic acids is 1. The largest absolute Gasteiger partial charge is 0.480 e. The van der Waals surface area contributed by atoms with E-state index in [9.17, 15) is 9.59 Å². The topological polar surface area (TPSA) is 69.6 Å². The van der Waals surface area contributed by atoms with Gasteiger partial charge in [-0.3, -0.25) is 4.79 Å². The lowest BCUT2D eigenvalue weighted by atomic mass is 9.99. The molecule has 5 heteroatoms. The van der Waals surface area contributed by atoms with Crippen LogP contribution in [0.5, 0.6) is 0 Å². The highest BCUT2D eigenvalue weighted by Crippen LogP contribution is 2.13. The number of amides is 1. The molecular weight excluding hydrogens is 256 g/mol. The number of anilines is 1. The van der Waals surface area contributed by atoms with Gasteiger partial charge in [-0.25, -0.2) is 4.79 Å². The average molecular weight is 278 g/mol. The first-order valence-electron chi connectivity index (χ1n) is 6.67. The third kappa shape index (κ3) is 3.98. The Bertz CT molecular complexity index is 469. The van der Waals surface area contributed by atoms with Crippen molar-refractivity contribution in [2.24, 2.45) is 5.92 Å². The standard InChI is InChI=1S/C15H22N2O3/c1-5-10(2)13(15(19)20)16-14(18)11-6-8-12(9-7-11)17(3)4/h6-10,13H,5H2,1-4H3,(H,16,18)(H,19,20)/t10?,13-/m0/s1. The fourth-order valence-electron chi connectivity index (χ4n) is 1.82. The van der Waals surface area contributed by atoms with Gasteiger partial charge in [0.2, 0.25) is 0 Å². The highest BCUT2D eigenvalue weighted by atomic mass is 16.4. The van der Waals surface area contributed by atoms with Crippen molar-refractivity contribution in [3.05, 3.63) is 29.8 Å². The van der Waals surface area contributed by atoms with Crippen LogP contribution in [0.2, 0.25) is 0 Å². The smallest absolute Gasteiger partial charge is 0.326 e. The average Bonchev–Trinajstić information content (AvgIpc) is 2.43. The molecule has 1 aromatic rings. The summed E-state index contributed by atoms with van der Waals surface area (Å²) in [5.41, 5.74) is 1.45. The predicted molar refractivity (Wildman–Crippen MR) is 79.1 cm³/mol. The van der Waals surface area contributed by atoms with E-state index < -0.39 is 12.0 Å². The number of hydrogen-bond donors (Lipinski definition) is 2. The monoisotopic (exact) mass is 278 g/mol. The van der Waals surface area contributed by atoms with Crippen molar-refractivity contribution >= 4 is 17.6 Å². The van der Waals surface area contributed by atoms with Gasteiger partial charge in [0.1, 0.15) is 6.04 Å². The maximum absolute atomic E-state index is 12.1. The van der Waals surface area contributed by atoms with Gasteiger partial charge in [0, 0.05) is 25.3 Å². The third-order valence-electron chi connectivity index (χ3n) is 3.41. The minimum Gasteiger partial charge on any atom is -0.480 e. The molecule has 0 saturated heterocycles. The molecule has 1 amide bonds. The fourth-order valence-corrected chi connectivity index (χ4v) is 1.82. The van der Waals surface area contributed by atoms with Crippen molar-refractivity contribution in [2.45, 2.75) is 26.3 Å². The van der Waals surface area contributed by atoms with Crippen LogP contribution in [0, 0.1) is 5.92 Å². The van der Waals surface area contributed by atoms with Crippen LogP contribution in [0.15, 0.2) is 24.3 Å². The summed E-state index contributed by atoms with van der Waals surface area (Å²) < 4.78 is 0. The molecule has 0 heterocycles. The van der Waals surface area contributed by atoms with E-state index in [1.54, 1.807) is 12.1 Å². The van der Waals surface area contributed by atoms with Crippen LogP contribution in [0.1, 0.15) is 30.6 Å². The maximum Gasteiger partial charge on any atom is 0.326 e.